The molecule has 150 valence electrons. The van der Waals surface area contributed by atoms with E-state index in [1.54, 1.807) is 20.4 Å². The zero-order valence-corrected chi connectivity index (χ0v) is 17.2. The van der Waals surface area contributed by atoms with Crippen molar-refractivity contribution >= 4 is 17.7 Å². The number of methoxy groups -OCH3 is 2. The summed E-state index contributed by atoms with van der Waals surface area (Å²) < 4.78 is 16.1. The van der Waals surface area contributed by atoms with Crippen LogP contribution >= 0.6 is 11.8 Å². The van der Waals surface area contributed by atoms with Gasteiger partial charge < -0.3 is 19.5 Å². The summed E-state index contributed by atoms with van der Waals surface area (Å²) >= 11 is 1.46. The molecule has 1 aliphatic rings. The number of ether oxygens (including phenoxy) is 3. The fourth-order valence-corrected chi connectivity index (χ4v) is 3.49. The normalized spacial score (nSPS) is 14.5. The van der Waals surface area contributed by atoms with Crippen LogP contribution in [0, 0.1) is 0 Å². The molecule has 0 radical (unpaired) electrons. The van der Waals surface area contributed by atoms with Crippen LogP contribution in [0.1, 0.15) is 18.4 Å². The van der Waals surface area contributed by atoms with Crippen LogP contribution in [0.5, 0.6) is 11.5 Å². The highest BCUT2D eigenvalue weighted by Gasteiger charge is 2.19. The zero-order chi connectivity index (χ0) is 19.9. The highest BCUT2D eigenvalue weighted by molar-refractivity contribution is 7.98. The highest BCUT2D eigenvalue weighted by atomic mass is 32.2. The number of carbonyl (C=O) groups excluding carboxylic acids is 1. The van der Waals surface area contributed by atoms with Crippen LogP contribution in [0.4, 0.5) is 0 Å². The fraction of sp³-hybridized carbons (Fsp3) is 0.450. The van der Waals surface area contributed by atoms with E-state index in [4.69, 9.17) is 14.2 Å². The van der Waals surface area contributed by atoms with Gasteiger partial charge in [-0.25, -0.2) is 9.97 Å². The van der Waals surface area contributed by atoms with Gasteiger partial charge in [0.2, 0.25) is 5.91 Å². The summed E-state index contributed by atoms with van der Waals surface area (Å²) in [5.74, 6) is 1.22. The van der Waals surface area contributed by atoms with Crippen LogP contribution < -0.4 is 14.8 Å². The lowest BCUT2D eigenvalue weighted by atomic mass is 10.0. The van der Waals surface area contributed by atoms with Gasteiger partial charge >= 0.3 is 0 Å². The Labute approximate surface area is 169 Å². The molecule has 7 nitrogen and oxygen atoms in total. The molecule has 1 fully saturated rings. The summed E-state index contributed by atoms with van der Waals surface area (Å²) in [6.45, 7) is 1.38. The van der Waals surface area contributed by atoms with E-state index in [0.717, 1.165) is 29.7 Å². The van der Waals surface area contributed by atoms with Crippen molar-refractivity contribution in [3.63, 3.8) is 0 Å². The molecule has 1 N–H and O–H groups in total. The Morgan fingerprint density at radius 2 is 2.00 bits per heavy atom. The van der Waals surface area contributed by atoms with Gasteiger partial charge in [-0.2, -0.15) is 0 Å². The quantitative estimate of drug-likeness (QED) is 0.562. The minimum absolute atomic E-state index is 0.0332. The van der Waals surface area contributed by atoms with E-state index in [0.29, 0.717) is 29.9 Å². The Hall–Kier alpha value is -2.32. The first-order chi connectivity index (χ1) is 13.6. The SMILES string of the molecule is COc1ccc(-c2nc(SC)ncc2CC(=O)NC2CCOCC2)cc1OC. The van der Waals surface area contributed by atoms with Crippen molar-refractivity contribution in [1.29, 1.82) is 0 Å². The first-order valence-corrected chi connectivity index (χ1v) is 10.4. The van der Waals surface area contributed by atoms with Crippen LogP contribution in [0.15, 0.2) is 29.6 Å². The van der Waals surface area contributed by atoms with E-state index in [1.807, 2.05) is 24.5 Å². The Balaban J connectivity index is 1.86. The average molecular weight is 404 g/mol. The number of hydrogen-bond acceptors (Lipinski definition) is 7. The Kier molecular flexibility index (Phi) is 7.11. The molecule has 0 bridgehead atoms. The van der Waals surface area contributed by atoms with Gasteiger partial charge in [0, 0.05) is 36.6 Å². The molecular formula is C20H25N3O4S. The van der Waals surface area contributed by atoms with Crippen molar-refractivity contribution in [3.05, 3.63) is 30.0 Å². The number of carbonyl (C=O) groups is 1. The van der Waals surface area contributed by atoms with E-state index < -0.39 is 0 Å². The molecule has 3 rings (SSSR count). The number of amides is 1. The summed E-state index contributed by atoms with van der Waals surface area (Å²) in [5, 5.41) is 3.74. The molecule has 1 aromatic heterocycles. The van der Waals surface area contributed by atoms with Crippen molar-refractivity contribution in [2.24, 2.45) is 0 Å². The van der Waals surface area contributed by atoms with E-state index in [9.17, 15) is 4.79 Å². The molecular weight excluding hydrogens is 378 g/mol. The van der Waals surface area contributed by atoms with Gasteiger partial charge in [-0.05, 0) is 37.3 Å². The number of nitrogens with zero attached hydrogens (tertiary/aromatic N) is 2. The standard InChI is InChI=1S/C20H25N3O4S/c1-25-16-5-4-13(10-17(16)26-2)19-14(12-21-20(23-19)28-3)11-18(24)22-15-6-8-27-9-7-15/h4-5,10,12,15H,6-9,11H2,1-3H3,(H,22,24). The average Bonchev–Trinajstić information content (AvgIpc) is 2.74. The first kappa shape index (κ1) is 20.4. The molecule has 0 spiro atoms. The summed E-state index contributed by atoms with van der Waals surface area (Å²) in [5.41, 5.74) is 2.35. The molecule has 0 aliphatic carbocycles. The number of aromatic nitrogens is 2. The lowest BCUT2D eigenvalue weighted by Crippen LogP contribution is -2.39. The Bertz CT molecular complexity index is 825. The topological polar surface area (TPSA) is 82.6 Å². The molecule has 0 unspecified atom stereocenters. The third kappa shape index (κ3) is 4.94. The second-order valence-corrected chi connectivity index (χ2v) is 7.20. The summed E-state index contributed by atoms with van der Waals surface area (Å²) in [4.78, 5) is 21.6. The number of thioether (sulfide) groups is 1. The minimum atomic E-state index is -0.0332. The van der Waals surface area contributed by atoms with Crippen LogP contribution in [0.2, 0.25) is 0 Å². The van der Waals surface area contributed by atoms with E-state index in [1.165, 1.54) is 11.8 Å². The largest absolute Gasteiger partial charge is 0.493 e. The molecule has 28 heavy (non-hydrogen) atoms. The first-order valence-electron chi connectivity index (χ1n) is 9.14. The van der Waals surface area contributed by atoms with Crippen LogP contribution in [-0.2, 0) is 16.0 Å². The second-order valence-electron chi connectivity index (χ2n) is 6.43. The Morgan fingerprint density at radius 1 is 1.25 bits per heavy atom. The minimum Gasteiger partial charge on any atom is -0.493 e. The summed E-state index contributed by atoms with van der Waals surface area (Å²) in [6, 6.07) is 5.77. The monoisotopic (exact) mass is 403 g/mol. The van der Waals surface area contributed by atoms with Gasteiger partial charge in [0.25, 0.3) is 0 Å². The summed E-state index contributed by atoms with van der Waals surface area (Å²) in [6.07, 6.45) is 5.56. The van der Waals surface area contributed by atoms with Crippen molar-refractivity contribution < 1.29 is 19.0 Å². The lowest BCUT2D eigenvalue weighted by Gasteiger charge is -2.23. The molecule has 2 aromatic rings. The predicted octanol–water partition coefficient (Wildman–Crippen LogP) is 2.72. The smallest absolute Gasteiger partial charge is 0.224 e. The van der Waals surface area contributed by atoms with Crippen LogP contribution in [0.3, 0.4) is 0 Å². The molecule has 1 aliphatic heterocycles. The number of nitrogens with one attached hydrogen (secondary N) is 1. The number of hydrogen-bond donors (Lipinski definition) is 1. The summed E-state index contributed by atoms with van der Waals surface area (Å²) in [7, 11) is 3.19. The molecule has 0 atom stereocenters. The van der Waals surface area contributed by atoms with Crippen molar-refractivity contribution in [3.8, 4) is 22.8 Å². The molecule has 0 saturated carbocycles. The van der Waals surface area contributed by atoms with Gasteiger partial charge in [-0.3, -0.25) is 4.79 Å². The van der Waals surface area contributed by atoms with Crippen LogP contribution in [-0.4, -0.2) is 55.6 Å². The maximum Gasteiger partial charge on any atom is 0.224 e. The second kappa shape index (κ2) is 9.75. The maximum absolute atomic E-state index is 12.6. The van der Waals surface area contributed by atoms with Gasteiger partial charge in [0.15, 0.2) is 16.7 Å². The molecule has 8 heteroatoms. The number of rotatable bonds is 7. The predicted molar refractivity (Wildman–Crippen MR) is 108 cm³/mol. The van der Waals surface area contributed by atoms with Crippen molar-refractivity contribution in [2.75, 3.05) is 33.7 Å². The highest BCUT2D eigenvalue weighted by Crippen LogP contribution is 2.33. The van der Waals surface area contributed by atoms with Gasteiger partial charge in [-0.15, -0.1) is 0 Å². The van der Waals surface area contributed by atoms with E-state index >= 15 is 0 Å². The number of benzene rings is 1. The lowest BCUT2D eigenvalue weighted by molar-refractivity contribution is -0.121. The molecule has 2 heterocycles. The molecule has 1 aromatic carbocycles. The van der Waals surface area contributed by atoms with Crippen molar-refractivity contribution in [1.82, 2.24) is 15.3 Å². The maximum atomic E-state index is 12.6. The Morgan fingerprint density at radius 3 is 2.68 bits per heavy atom. The molecule has 1 amide bonds. The zero-order valence-electron chi connectivity index (χ0n) is 16.4. The van der Waals surface area contributed by atoms with Crippen molar-refractivity contribution in [2.45, 2.75) is 30.5 Å². The van der Waals surface area contributed by atoms with E-state index in [2.05, 4.69) is 15.3 Å². The van der Waals surface area contributed by atoms with Gasteiger partial charge in [-0.1, -0.05) is 11.8 Å². The van der Waals surface area contributed by atoms with Gasteiger partial charge in [0.05, 0.1) is 26.3 Å². The fourth-order valence-electron chi connectivity index (χ4n) is 3.15. The third-order valence-electron chi connectivity index (χ3n) is 4.62. The van der Waals surface area contributed by atoms with E-state index in [-0.39, 0.29) is 18.4 Å². The van der Waals surface area contributed by atoms with Crippen LogP contribution in [0.25, 0.3) is 11.3 Å². The van der Waals surface area contributed by atoms with Gasteiger partial charge in [0.1, 0.15) is 0 Å². The molecule has 1 saturated heterocycles. The third-order valence-corrected chi connectivity index (χ3v) is 5.18.